The van der Waals surface area contributed by atoms with Gasteiger partial charge in [0.15, 0.2) is 5.69 Å². The molecule has 1 aromatic heterocycles. The molecule has 28 heavy (non-hydrogen) atoms. The maximum Gasteiger partial charge on any atom is 0.276 e. The number of ether oxygens (including phenoxy) is 2. The molecule has 152 valence electrons. The normalized spacial score (nSPS) is 15.0. The number of aromatic nitrogens is 1. The molecule has 0 saturated carbocycles. The fourth-order valence-electron chi connectivity index (χ4n) is 3.29. The summed E-state index contributed by atoms with van der Waals surface area (Å²) in [4.78, 5) is 17.4. The average Bonchev–Trinajstić information content (AvgIpc) is 3.08. The van der Waals surface area contributed by atoms with Crippen molar-refractivity contribution in [3.8, 4) is 5.75 Å². The summed E-state index contributed by atoms with van der Waals surface area (Å²) >= 11 is 0. The van der Waals surface area contributed by atoms with Crippen molar-refractivity contribution in [3.63, 3.8) is 0 Å². The van der Waals surface area contributed by atoms with Crippen molar-refractivity contribution in [1.82, 2.24) is 15.0 Å². The van der Waals surface area contributed by atoms with Crippen molar-refractivity contribution >= 4 is 5.91 Å². The molecule has 7 heteroatoms. The Morgan fingerprint density at radius 1 is 1.18 bits per heavy atom. The first-order chi connectivity index (χ1) is 13.6. The number of carbonyl (C=O) groups is 1. The van der Waals surface area contributed by atoms with Gasteiger partial charge >= 0.3 is 0 Å². The van der Waals surface area contributed by atoms with Crippen LogP contribution < -0.4 is 4.74 Å². The van der Waals surface area contributed by atoms with E-state index >= 15 is 0 Å². The third-order valence-corrected chi connectivity index (χ3v) is 4.99. The number of nitrogens with zero attached hydrogens (tertiary/aromatic N) is 3. The lowest BCUT2D eigenvalue weighted by Crippen LogP contribution is -2.46. The molecule has 0 aliphatic carbocycles. The molecule has 0 N–H and O–H groups in total. The molecule has 0 atom stereocenters. The number of amides is 1. The van der Waals surface area contributed by atoms with E-state index in [1.54, 1.807) is 0 Å². The van der Waals surface area contributed by atoms with Crippen molar-refractivity contribution in [3.05, 3.63) is 47.3 Å². The van der Waals surface area contributed by atoms with Crippen LogP contribution in [-0.2, 0) is 11.3 Å². The molecule has 1 amide bonds. The third-order valence-electron chi connectivity index (χ3n) is 4.99. The van der Waals surface area contributed by atoms with E-state index in [-0.39, 0.29) is 18.6 Å². The number of benzene rings is 1. The van der Waals surface area contributed by atoms with E-state index in [0.29, 0.717) is 36.8 Å². The molecule has 0 bridgehead atoms. The van der Waals surface area contributed by atoms with E-state index in [2.05, 4.69) is 10.1 Å². The Bertz CT molecular complexity index is 754. The van der Waals surface area contributed by atoms with Crippen LogP contribution in [0.1, 0.15) is 34.7 Å². The van der Waals surface area contributed by atoms with Crippen molar-refractivity contribution < 1.29 is 18.8 Å². The predicted octanol–water partition coefficient (Wildman–Crippen LogP) is 2.74. The van der Waals surface area contributed by atoms with E-state index < -0.39 is 0 Å². The molecular formula is C21H29N3O4. The second-order valence-electron chi connectivity index (χ2n) is 7.31. The summed E-state index contributed by atoms with van der Waals surface area (Å²) in [5, 5.41) is 4.08. The molecule has 1 aromatic carbocycles. The van der Waals surface area contributed by atoms with E-state index in [4.69, 9.17) is 14.0 Å². The summed E-state index contributed by atoms with van der Waals surface area (Å²) in [6.45, 7) is 4.84. The lowest BCUT2D eigenvalue weighted by molar-refractivity contribution is 0.0269. The Labute approximate surface area is 166 Å². The summed E-state index contributed by atoms with van der Waals surface area (Å²) in [6, 6.07) is 9.68. The summed E-state index contributed by atoms with van der Waals surface area (Å²) in [6.07, 6.45) is 1.68. The lowest BCUT2D eigenvalue weighted by Gasteiger charge is -2.34. The number of likely N-dealkylation sites (N-methyl/N-ethyl adjacent to an activating group) is 1. The van der Waals surface area contributed by atoms with Gasteiger partial charge in [-0.1, -0.05) is 23.4 Å². The van der Waals surface area contributed by atoms with Crippen LogP contribution >= 0.6 is 0 Å². The maximum atomic E-state index is 13.4. The summed E-state index contributed by atoms with van der Waals surface area (Å²) in [5.41, 5.74) is 1.05. The first kappa shape index (κ1) is 20.4. The zero-order valence-corrected chi connectivity index (χ0v) is 16.9. The van der Waals surface area contributed by atoms with Gasteiger partial charge in [-0.3, -0.25) is 4.79 Å². The minimum absolute atomic E-state index is 0.0998. The van der Waals surface area contributed by atoms with Gasteiger partial charge in [-0.05, 0) is 46.0 Å². The summed E-state index contributed by atoms with van der Waals surface area (Å²) in [5.74, 6) is 1.26. The van der Waals surface area contributed by atoms with Crippen LogP contribution in [0.4, 0.5) is 0 Å². The fraction of sp³-hybridized carbons (Fsp3) is 0.524. The molecule has 1 aliphatic rings. The average molecular weight is 387 g/mol. The van der Waals surface area contributed by atoms with Crippen LogP contribution in [0.2, 0.25) is 0 Å². The molecule has 0 radical (unpaired) electrons. The van der Waals surface area contributed by atoms with Gasteiger partial charge in [0.2, 0.25) is 0 Å². The second-order valence-corrected chi connectivity index (χ2v) is 7.31. The van der Waals surface area contributed by atoms with Crippen LogP contribution in [0, 0.1) is 6.92 Å². The van der Waals surface area contributed by atoms with Gasteiger partial charge in [-0.15, -0.1) is 0 Å². The molecule has 3 rings (SSSR count). The molecule has 0 unspecified atom stereocenters. The monoisotopic (exact) mass is 387 g/mol. The van der Waals surface area contributed by atoms with Gasteiger partial charge in [-0.2, -0.15) is 0 Å². The van der Waals surface area contributed by atoms with Crippen LogP contribution in [0.15, 0.2) is 34.9 Å². The Kier molecular flexibility index (Phi) is 7.06. The minimum Gasteiger partial charge on any atom is -0.489 e. The molecule has 2 aromatic rings. The second kappa shape index (κ2) is 9.71. The largest absolute Gasteiger partial charge is 0.489 e. The van der Waals surface area contributed by atoms with E-state index in [9.17, 15) is 4.79 Å². The van der Waals surface area contributed by atoms with E-state index in [1.807, 2.05) is 56.3 Å². The predicted molar refractivity (Wildman–Crippen MR) is 105 cm³/mol. The van der Waals surface area contributed by atoms with Gasteiger partial charge in [-0.25, -0.2) is 0 Å². The first-order valence-corrected chi connectivity index (χ1v) is 9.72. The molecule has 2 heterocycles. The van der Waals surface area contributed by atoms with Crippen molar-refractivity contribution in [1.29, 1.82) is 0 Å². The number of aryl methyl sites for hydroxylation is 1. The first-order valence-electron chi connectivity index (χ1n) is 9.72. The zero-order chi connectivity index (χ0) is 19.9. The molecule has 7 nitrogen and oxygen atoms in total. The van der Waals surface area contributed by atoms with Crippen LogP contribution in [0.25, 0.3) is 0 Å². The van der Waals surface area contributed by atoms with Gasteiger partial charge in [0, 0.05) is 32.3 Å². The van der Waals surface area contributed by atoms with Crippen molar-refractivity contribution in [2.75, 3.05) is 40.4 Å². The lowest BCUT2D eigenvalue weighted by atomic mass is 10.1. The Morgan fingerprint density at radius 2 is 1.89 bits per heavy atom. The smallest absolute Gasteiger partial charge is 0.276 e. The van der Waals surface area contributed by atoms with Gasteiger partial charge in [0.25, 0.3) is 5.91 Å². The number of para-hydroxylation sites is 1. The third kappa shape index (κ3) is 5.11. The highest BCUT2D eigenvalue weighted by Gasteiger charge is 2.31. The summed E-state index contributed by atoms with van der Waals surface area (Å²) in [7, 11) is 4.01. The van der Waals surface area contributed by atoms with Crippen LogP contribution in [-0.4, -0.2) is 67.3 Å². The number of hydrogen-bond donors (Lipinski definition) is 0. The van der Waals surface area contributed by atoms with Gasteiger partial charge in [0.1, 0.15) is 18.1 Å². The molecule has 1 saturated heterocycles. The van der Waals surface area contributed by atoms with E-state index in [0.717, 1.165) is 25.1 Å². The molecule has 1 aliphatic heterocycles. The van der Waals surface area contributed by atoms with Crippen LogP contribution in [0.5, 0.6) is 5.75 Å². The Morgan fingerprint density at radius 3 is 2.57 bits per heavy atom. The Hall–Kier alpha value is -2.38. The molecular weight excluding hydrogens is 358 g/mol. The molecule has 1 fully saturated rings. The van der Waals surface area contributed by atoms with Crippen molar-refractivity contribution in [2.24, 2.45) is 0 Å². The number of hydrogen-bond acceptors (Lipinski definition) is 6. The topological polar surface area (TPSA) is 68.0 Å². The Balaban J connectivity index is 1.77. The van der Waals surface area contributed by atoms with E-state index in [1.165, 1.54) is 0 Å². The van der Waals surface area contributed by atoms with Crippen molar-refractivity contribution in [2.45, 2.75) is 32.4 Å². The highest BCUT2D eigenvalue weighted by atomic mass is 16.5. The zero-order valence-electron chi connectivity index (χ0n) is 16.9. The number of carbonyl (C=O) groups excluding carboxylic acids is 1. The number of rotatable bonds is 8. The van der Waals surface area contributed by atoms with Gasteiger partial charge < -0.3 is 23.8 Å². The maximum absolute atomic E-state index is 13.4. The van der Waals surface area contributed by atoms with Crippen LogP contribution in [0.3, 0.4) is 0 Å². The quantitative estimate of drug-likeness (QED) is 0.694. The SMILES string of the molecule is Cc1onc(C(=O)N(CCN(C)C)C2CCOCC2)c1COc1ccccc1. The van der Waals surface area contributed by atoms with Gasteiger partial charge in [0.05, 0.1) is 5.56 Å². The fourth-order valence-corrected chi connectivity index (χ4v) is 3.29. The highest BCUT2D eigenvalue weighted by Crippen LogP contribution is 2.22. The molecule has 0 spiro atoms. The minimum atomic E-state index is -0.0998. The standard InChI is InChI=1S/C21H29N3O4/c1-16-19(15-27-18-7-5-4-6-8-18)20(22-28-16)21(25)24(12-11-23(2)3)17-9-13-26-14-10-17/h4-8,17H,9-15H2,1-3H3. The summed E-state index contributed by atoms with van der Waals surface area (Å²) < 4.78 is 16.7. The highest BCUT2D eigenvalue weighted by molar-refractivity contribution is 5.94.